The number of likely N-dealkylation sites (N-methyl/N-ethyl adjacent to an activating group) is 1. The molecule has 0 aromatic rings. The van der Waals surface area contributed by atoms with Gasteiger partial charge in [-0.3, -0.25) is 14.2 Å². The molecule has 0 radical (unpaired) electrons. The van der Waals surface area contributed by atoms with E-state index in [0.717, 1.165) is 57.8 Å². The number of rotatable bonds is 59. The zero-order valence-corrected chi connectivity index (χ0v) is 52.3. The molecular weight excluding hydrogens is 976 g/mol. The Bertz CT molecular complexity index is 1500. The lowest BCUT2D eigenvalue weighted by molar-refractivity contribution is -0.870. The Labute approximate surface area is 477 Å². The molecule has 1 amide bonds. The third kappa shape index (κ3) is 58.2. The smallest absolute Gasteiger partial charge is 0.306 e. The lowest BCUT2D eigenvalue weighted by atomic mass is 10.0. The molecule has 10 heteroatoms. The SMILES string of the molecule is CCCCC/C=C\C/C=C\CCCCCCCCCCCCCCCCCCCC(=O)OC(/C=C\CCCCCCCCCCC)C(COP(=O)([O-])OCC[N+](C)(C)C)NC(=O)CC/C=C/C/C=C\CCCCCCCC. The molecule has 450 valence electrons. The fourth-order valence-corrected chi connectivity index (χ4v) is 10.1. The first-order chi connectivity index (χ1) is 37.4. The van der Waals surface area contributed by atoms with E-state index in [9.17, 15) is 19.0 Å². The van der Waals surface area contributed by atoms with Gasteiger partial charge < -0.3 is 28.5 Å². The van der Waals surface area contributed by atoms with Crippen LogP contribution in [-0.4, -0.2) is 69.4 Å². The van der Waals surface area contributed by atoms with Crippen LogP contribution in [0.25, 0.3) is 0 Å². The average molecular weight is 1100 g/mol. The predicted molar refractivity (Wildman–Crippen MR) is 330 cm³/mol. The highest BCUT2D eigenvalue weighted by atomic mass is 31.2. The molecule has 9 nitrogen and oxygen atoms in total. The largest absolute Gasteiger partial charge is 0.756 e. The summed E-state index contributed by atoms with van der Waals surface area (Å²) >= 11 is 0. The van der Waals surface area contributed by atoms with Crippen molar-refractivity contribution in [2.75, 3.05) is 40.9 Å². The van der Waals surface area contributed by atoms with Crippen LogP contribution >= 0.6 is 7.82 Å². The second-order valence-electron chi connectivity index (χ2n) is 23.3. The van der Waals surface area contributed by atoms with Crippen molar-refractivity contribution in [3.8, 4) is 0 Å². The van der Waals surface area contributed by atoms with Gasteiger partial charge >= 0.3 is 5.97 Å². The van der Waals surface area contributed by atoms with Crippen molar-refractivity contribution in [2.24, 2.45) is 0 Å². The van der Waals surface area contributed by atoms with Crippen LogP contribution in [0.1, 0.15) is 303 Å². The summed E-state index contributed by atoms with van der Waals surface area (Å²) in [6.45, 7) is 6.78. The zero-order valence-electron chi connectivity index (χ0n) is 51.4. The third-order valence-corrected chi connectivity index (χ3v) is 15.4. The van der Waals surface area contributed by atoms with Crippen LogP contribution in [0.5, 0.6) is 0 Å². The van der Waals surface area contributed by atoms with Gasteiger partial charge in [0.2, 0.25) is 5.91 Å². The monoisotopic (exact) mass is 1100 g/mol. The molecule has 3 unspecified atom stereocenters. The lowest BCUT2D eigenvalue weighted by Crippen LogP contribution is -2.47. The molecule has 0 rings (SSSR count). The number of phosphoric ester groups is 1. The molecule has 0 heterocycles. The topological polar surface area (TPSA) is 114 Å². The highest BCUT2D eigenvalue weighted by molar-refractivity contribution is 7.45. The Balaban J connectivity index is 5.01. The van der Waals surface area contributed by atoms with E-state index >= 15 is 0 Å². The maximum atomic E-state index is 13.5. The lowest BCUT2D eigenvalue weighted by Gasteiger charge is -2.30. The van der Waals surface area contributed by atoms with Gasteiger partial charge in [0.25, 0.3) is 7.82 Å². The van der Waals surface area contributed by atoms with E-state index in [2.05, 4.69) is 68.6 Å². The fraction of sp³-hybridized carbons (Fsp3) is 0.821. The van der Waals surface area contributed by atoms with E-state index in [0.29, 0.717) is 17.4 Å². The number of nitrogens with zero attached hydrogens (tertiary/aromatic N) is 1. The summed E-state index contributed by atoms with van der Waals surface area (Å²) in [6, 6.07) is -0.917. The number of esters is 1. The molecule has 3 atom stereocenters. The number of amides is 1. The van der Waals surface area contributed by atoms with E-state index in [1.54, 1.807) is 0 Å². The van der Waals surface area contributed by atoms with Crippen molar-refractivity contribution in [2.45, 2.75) is 315 Å². The van der Waals surface area contributed by atoms with Crippen molar-refractivity contribution < 1.29 is 37.3 Å². The first-order valence-electron chi connectivity index (χ1n) is 32.6. The number of quaternary nitrogens is 1. The minimum atomic E-state index is -4.71. The summed E-state index contributed by atoms with van der Waals surface area (Å²) in [5.74, 6) is -0.612. The summed E-state index contributed by atoms with van der Waals surface area (Å²) in [5, 5.41) is 2.98. The van der Waals surface area contributed by atoms with Gasteiger partial charge in [0.15, 0.2) is 0 Å². The summed E-state index contributed by atoms with van der Waals surface area (Å²) in [6.07, 6.45) is 72.3. The Morgan fingerprint density at radius 2 is 0.805 bits per heavy atom. The van der Waals surface area contributed by atoms with Gasteiger partial charge in [-0.25, -0.2) is 0 Å². The van der Waals surface area contributed by atoms with Crippen LogP contribution in [0, 0.1) is 0 Å². The maximum absolute atomic E-state index is 13.5. The van der Waals surface area contributed by atoms with Crippen molar-refractivity contribution in [3.05, 3.63) is 60.8 Å². The van der Waals surface area contributed by atoms with Gasteiger partial charge in [-0.1, -0.05) is 268 Å². The first kappa shape index (κ1) is 74.7. The van der Waals surface area contributed by atoms with Gasteiger partial charge in [0, 0.05) is 12.8 Å². The number of carbonyl (C=O) groups is 2. The van der Waals surface area contributed by atoms with E-state index in [1.807, 2.05) is 39.4 Å². The standard InChI is InChI=1S/C67H125N2O7P/c1-7-10-13-16-19-22-25-27-28-29-30-31-32-33-34-35-36-37-38-39-40-42-45-48-51-54-57-60-67(71)76-65(58-55-52-49-46-43-24-21-18-15-12-9-3)64(63-75-77(72,73)74-62-61-69(4,5)6)68-66(70)59-56-53-50-47-44-41-26-23-20-17-14-11-8-2/h19,22,27-28,41,44,50,53,55,58,64-65H,7-18,20-21,23-26,29-40,42-43,45-49,51-52,54,56-57,59-63H2,1-6H3,(H-,68,70,72,73)/b22-19-,28-27-,44-41-,53-50+,58-55-. The zero-order chi connectivity index (χ0) is 56.4. The highest BCUT2D eigenvalue weighted by Gasteiger charge is 2.27. The number of ether oxygens (including phenoxy) is 1. The van der Waals surface area contributed by atoms with Crippen LogP contribution in [0.3, 0.4) is 0 Å². The third-order valence-electron chi connectivity index (χ3n) is 14.4. The molecule has 0 aromatic heterocycles. The van der Waals surface area contributed by atoms with Gasteiger partial charge in [0.1, 0.15) is 19.3 Å². The molecule has 0 bridgehead atoms. The normalized spacial score (nSPS) is 14.0. The quantitative estimate of drug-likeness (QED) is 0.0212. The highest BCUT2D eigenvalue weighted by Crippen LogP contribution is 2.38. The number of unbranched alkanes of at least 4 members (excludes halogenated alkanes) is 35. The molecule has 77 heavy (non-hydrogen) atoms. The van der Waals surface area contributed by atoms with Crippen molar-refractivity contribution in [1.82, 2.24) is 5.32 Å². The number of hydrogen-bond donors (Lipinski definition) is 1. The summed E-state index contributed by atoms with van der Waals surface area (Å²) in [5.41, 5.74) is 0. The van der Waals surface area contributed by atoms with Gasteiger partial charge in [0.05, 0.1) is 33.8 Å². The molecule has 0 aromatic carbocycles. The molecule has 0 saturated heterocycles. The molecule has 1 N–H and O–H groups in total. The number of allylic oxidation sites excluding steroid dienone is 9. The van der Waals surface area contributed by atoms with Gasteiger partial charge in [-0.2, -0.15) is 0 Å². The predicted octanol–water partition coefficient (Wildman–Crippen LogP) is 19.6. The molecule has 0 aliphatic carbocycles. The Morgan fingerprint density at radius 3 is 1.22 bits per heavy atom. The van der Waals surface area contributed by atoms with Crippen LogP contribution in [0.15, 0.2) is 60.8 Å². The average Bonchev–Trinajstić information content (AvgIpc) is 3.39. The summed E-state index contributed by atoms with van der Waals surface area (Å²) < 4.78 is 30.2. The molecule has 0 saturated carbocycles. The summed E-state index contributed by atoms with van der Waals surface area (Å²) in [7, 11) is 1.16. The van der Waals surface area contributed by atoms with E-state index < -0.39 is 26.6 Å². The molecule has 0 spiro atoms. The number of nitrogens with one attached hydrogen (secondary N) is 1. The van der Waals surface area contributed by atoms with E-state index in [-0.39, 0.29) is 31.3 Å². The maximum Gasteiger partial charge on any atom is 0.306 e. The summed E-state index contributed by atoms with van der Waals surface area (Å²) in [4.78, 5) is 39.9. The van der Waals surface area contributed by atoms with Gasteiger partial charge in [-0.15, -0.1) is 0 Å². The van der Waals surface area contributed by atoms with Gasteiger partial charge in [-0.05, 0) is 83.1 Å². The Morgan fingerprint density at radius 1 is 0.455 bits per heavy atom. The molecule has 0 aliphatic heterocycles. The van der Waals surface area contributed by atoms with Crippen molar-refractivity contribution in [1.29, 1.82) is 0 Å². The number of hydrogen-bond acceptors (Lipinski definition) is 7. The van der Waals surface area contributed by atoms with Crippen LogP contribution in [0.4, 0.5) is 0 Å². The molecule has 0 fully saturated rings. The molecule has 0 aliphatic rings. The van der Waals surface area contributed by atoms with Crippen molar-refractivity contribution >= 4 is 19.7 Å². The molecular formula is C67H125N2O7P. The second kappa shape index (κ2) is 57.0. The first-order valence-corrected chi connectivity index (χ1v) is 34.1. The van der Waals surface area contributed by atoms with Crippen LogP contribution in [-0.2, 0) is 27.9 Å². The Kier molecular flexibility index (Phi) is 55.3. The Hall–Kier alpha value is -2.29. The number of carbonyl (C=O) groups excluding carboxylic acids is 2. The minimum Gasteiger partial charge on any atom is -0.756 e. The van der Waals surface area contributed by atoms with Crippen LogP contribution in [0.2, 0.25) is 0 Å². The minimum absolute atomic E-state index is 0.0313. The van der Waals surface area contributed by atoms with Crippen molar-refractivity contribution in [3.63, 3.8) is 0 Å². The van der Waals surface area contributed by atoms with E-state index in [4.69, 9.17) is 13.8 Å². The fourth-order valence-electron chi connectivity index (χ4n) is 9.37. The number of phosphoric acid groups is 1. The second-order valence-corrected chi connectivity index (χ2v) is 24.7. The van der Waals surface area contributed by atoms with Crippen LogP contribution < -0.4 is 10.2 Å². The van der Waals surface area contributed by atoms with E-state index in [1.165, 1.54) is 205 Å².